The van der Waals surface area contributed by atoms with Crippen molar-refractivity contribution in [1.29, 1.82) is 0 Å². The van der Waals surface area contributed by atoms with Crippen LogP contribution in [0.2, 0.25) is 10.0 Å². The summed E-state index contributed by atoms with van der Waals surface area (Å²) in [7, 11) is 0. The summed E-state index contributed by atoms with van der Waals surface area (Å²) in [4.78, 5) is 36.5. The Hall–Kier alpha value is -1.99. The third-order valence-corrected chi connectivity index (χ3v) is 7.41. The number of amides is 3. The van der Waals surface area contributed by atoms with Crippen LogP contribution in [0, 0.1) is 23.7 Å². The Bertz CT molecular complexity index is 814. The van der Waals surface area contributed by atoms with Gasteiger partial charge in [-0.25, -0.2) is 9.59 Å². The Balaban J connectivity index is 1.32. The van der Waals surface area contributed by atoms with Gasteiger partial charge in [0.25, 0.3) is 5.91 Å². The topological polar surface area (TPSA) is 108 Å². The van der Waals surface area contributed by atoms with Gasteiger partial charge in [-0.15, -0.1) is 0 Å². The number of nitrogens with one attached hydrogen (secondary N) is 3. The number of hydrogen-bond acceptors (Lipinski definition) is 3. The van der Waals surface area contributed by atoms with E-state index < -0.39 is 23.9 Å². The van der Waals surface area contributed by atoms with E-state index in [-0.39, 0.29) is 28.2 Å². The number of benzene rings is 1. The van der Waals surface area contributed by atoms with E-state index in [0.717, 1.165) is 11.8 Å². The number of carboxylic acids is 1. The van der Waals surface area contributed by atoms with Crippen LogP contribution in [0.25, 0.3) is 0 Å². The second-order valence-electron chi connectivity index (χ2n) is 8.77. The molecule has 0 radical (unpaired) electrons. The highest BCUT2D eigenvalue weighted by molar-refractivity contribution is 6.39. The largest absolute Gasteiger partial charge is 0.480 e. The molecule has 4 saturated carbocycles. The molecule has 9 heteroatoms. The summed E-state index contributed by atoms with van der Waals surface area (Å²) in [5.74, 6) is 0.671. The average Bonchev–Trinajstić information content (AvgIpc) is 2.67. The van der Waals surface area contributed by atoms with Crippen LogP contribution < -0.4 is 16.0 Å². The lowest BCUT2D eigenvalue weighted by molar-refractivity contribution is -0.139. The highest BCUT2D eigenvalue weighted by atomic mass is 35.5. The second kappa shape index (κ2) is 8.63. The van der Waals surface area contributed by atoms with Crippen molar-refractivity contribution in [1.82, 2.24) is 16.0 Å². The first-order chi connectivity index (χ1) is 14.3. The number of carboxylic acid groups (broad SMARTS) is 1. The van der Waals surface area contributed by atoms with Gasteiger partial charge in [0.2, 0.25) is 0 Å². The molecule has 0 spiro atoms. The van der Waals surface area contributed by atoms with Crippen molar-refractivity contribution in [2.24, 2.45) is 23.7 Å². The molecular formula is C21H25Cl2N3O4. The van der Waals surface area contributed by atoms with Gasteiger partial charge in [-0.3, -0.25) is 4.79 Å². The Morgan fingerprint density at radius 1 is 1.00 bits per heavy atom. The molecule has 0 aliphatic heterocycles. The average molecular weight is 454 g/mol. The minimum atomic E-state index is -1.31. The van der Waals surface area contributed by atoms with Gasteiger partial charge in [-0.05, 0) is 67.9 Å². The normalized spacial score (nSPS) is 29.9. The summed E-state index contributed by atoms with van der Waals surface area (Å²) >= 11 is 12.0. The zero-order chi connectivity index (χ0) is 21.4. The Kier molecular flexibility index (Phi) is 6.11. The van der Waals surface area contributed by atoms with E-state index in [1.54, 1.807) is 6.07 Å². The summed E-state index contributed by atoms with van der Waals surface area (Å²) in [5.41, 5.74) is 0.00475. The number of carbonyl (C=O) groups is 3. The van der Waals surface area contributed by atoms with Crippen LogP contribution in [0.3, 0.4) is 0 Å². The van der Waals surface area contributed by atoms with Gasteiger partial charge in [0.1, 0.15) is 6.04 Å². The lowest BCUT2D eigenvalue weighted by Crippen LogP contribution is -2.58. The van der Waals surface area contributed by atoms with Crippen LogP contribution >= 0.6 is 23.2 Å². The molecule has 0 aromatic heterocycles. The predicted molar refractivity (Wildman–Crippen MR) is 113 cm³/mol. The first-order valence-corrected chi connectivity index (χ1v) is 11.1. The minimum absolute atomic E-state index is 0.00475. The van der Waals surface area contributed by atoms with Gasteiger partial charge < -0.3 is 21.1 Å². The number of rotatable bonds is 6. The molecule has 4 aliphatic carbocycles. The zero-order valence-corrected chi connectivity index (χ0v) is 17.9. The van der Waals surface area contributed by atoms with Crippen LogP contribution in [-0.4, -0.2) is 41.6 Å². The quantitative estimate of drug-likeness (QED) is 0.529. The van der Waals surface area contributed by atoms with Crippen LogP contribution in [0.1, 0.15) is 42.5 Å². The molecule has 4 aliphatic rings. The van der Waals surface area contributed by atoms with Gasteiger partial charge in [-0.1, -0.05) is 29.3 Å². The lowest BCUT2D eigenvalue weighted by Gasteiger charge is -2.54. The molecule has 0 heterocycles. The third-order valence-electron chi connectivity index (χ3n) is 6.78. The summed E-state index contributed by atoms with van der Waals surface area (Å²) < 4.78 is 0. The lowest BCUT2D eigenvalue weighted by atomic mass is 9.54. The fraction of sp³-hybridized carbons (Fsp3) is 0.571. The maximum atomic E-state index is 12.5. The zero-order valence-electron chi connectivity index (χ0n) is 16.4. The number of hydrogen-bond donors (Lipinski definition) is 4. The minimum Gasteiger partial charge on any atom is -0.480 e. The number of carbonyl (C=O) groups excluding carboxylic acids is 2. The third kappa shape index (κ3) is 4.37. The molecular weight excluding hydrogens is 429 g/mol. The van der Waals surface area contributed by atoms with Gasteiger partial charge >= 0.3 is 12.0 Å². The van der Waals surface area contributed by atoms with Crippen molar-refractivity contribution in [2.45, 2.75) is 44.2 Å². The van der Waals surface area contributed by atoms with Crippen LogP contribution in [0.5, 0.6) is 0 Å². The van der Waals surface area contributed by atoms with E-state index >= 15 is 0 Å². The molecule has 1 unspecified atom stereocenters. The van der Waals surface area contributed by atoms with E-state index in [1.165, 1.54) is 44.2 Å². The van der Waals surface area contributed by atoms with Gasteiger partial charge in [0.05, 0.1) is 22.2 Å². The predicted octanol–water partition coefficient (Wildman–Crippen LogP) is 3.30. The van der Waals surface area contributed by atoms with Crippen LogP contribution in [0.4, 0.5) is 4.79 Å². The van der Waals surface area contributed by atoms with Gasteiger partial charge in [-0.2, -0.15) is 0 Å². The first kappa shape index (κ1) is 21.2. The standard InChI is InChI=1S/C21H25Cl2N3O4/c22-14-2-1-3-15(23)17(14)19(27)25-16(20(28)29)9-24-21(30)26-18-12-5-10-4-11(7-12)8-13(18)6-10/h1-3,10-13,16,18H,4-9H2,(H,25,27)(H,28,29)(H2,24,26,30). The number of aliphatic carboxylic acids is 1. The maximum Gasteiger partial charge on any atom is 0.328 e. The van der Waals surface area contributed by atoms with E-state index in [9.17, 15) is 19.5 Å². The van der Waals surface area contributed by atoms with Gasteiger partial charge in [0.15, 0.2) is 0 Å². The molecule has 1 aromatic rings. The summed E-state index contributed by atoms with van der Waals surface area (Å²) in [6, 6.07) is 3.02. The van der Waals surface area contributed by atoms with Crippen LogP contribution in [-0.2, 0) is 4.79 Å². The van der Waals surface area contributed by atoms with Crippen LogP contribution in [0.15, 0.2) is 18.2 Å². The molecule has 3 amide bonds. The molecule has 4 fully saturated rings. The molecule has 1 atom stereocenters. The van der Waals surface area contributed by atoms with Crippen molar-refractivity contribution >= 4 is 41.1 Å². The fourth-order valence-electron chi connectivity index (χ4n) is 5.70. The van der Waals surface area contributed by atoms with E-state index in [2.05, 4.69) is 16.0 Å². The summed E-state index contributed by atoms with van der Waals surface area (Å²) in [6.07, 6.45) is 6.02. The van der Waals surface area contributed by atoms with Crippen molar-refractivity contribution in [3.8, 4) is 0 Å². The molecule has 1 aromatic carbocycles. The fourth-order valence-corrected chi connectivity index (χ4v) is 6.27. The molecule has 4 bridgehead atoms. The molecule has 5 rings (SSSR count). The van der Waals surface area contributed by atoms with Crippen molar-refractivity contribution in [3.63, 3.8) is 0 Å². The molecule has 7 nitrogen and oxygen atoms in total. The first-order valence-electron chi connectivity index (χ1n) is 10.3. The van der Waals surface area contributed by atoms with Gasteiger partial charge in [0, 0.05) is 6.04 Å². The molecule has 4 N–H and O–H groups in total. The summed E-state index contributed by atoms with van der Waals surface area (Å²) in [5, 5.41) is 17.7. The second-order valence-corrected chi connectivity index (χ2v) is 9.59. The highest BCUT2D eigenvalue weighted by Crippen LogP contribution is 2.53. The smallest absolute Gasteiger partial charge is 0.328 e. The monoisotopic (exact) mass is 453 g/mol. The highest BCUT2D eigenvalue weighted by Gasteiger charge is 2.48. The van der Waals surface area contributed by atoms with Crippen molar-refractivity contribution in [2.75, 3.05) is 6.54 Å². The Morgan fingerprint density at radius 2 is 1.57 bits per heavy atom. The Morgan fingerprint density at radius 3 is 2.10 bits per heavy atom. The van der Waals surface area contributed by atoms with Crippen molar-refractivity contribution < 1.29 is 19.5 Å². The molecule has 0 saturated heterocycles. The van der Waals surface area contributed by atoms with E-state index in [1.807, 2.05) is 0 Å². The van der Waals surface area contributed by atoms with E-state index in [4.69, 9.17) is 23.2 Å². The number of urea groups is 1. The maximum absolute atomic E-state index is 12.5. The number of halogens is 2. The van der Waals surface area contributed by atoms with Crippen molar-refractivity contribution in [3.05, 3.63) is 33.8 Å². The Labute approximate surface area is 184 Å². The molecule has 30 heavy (non-hydrogen) atoms. The van der Waals surface area contributed by atoms with E-state index in [0.29, 0.717) is 11.8 Å². The summed E-state index contributed by atoms with van der Waals surface area (Å²) in [6.45, 7) is -0.248. The SMILES string of the molecule is O=C(NCC(NC(=O)c1c(Cl)cccc1Cl)C(=O)O)NC1C2CC3CC(C2)CC1C3. The molecule has 162 valence electrons.